The van der Waals surface area contributed by atoms with Crippen molar-refractivity contribution in [3.05, 3.63) is 27.7 Å². The first-order valence-corrected chi connectivity index (χ1v) is 7.83. The fourth-order valence-electron chi connectivity index (χ4n) is 1.59. The van der Waals surface area contributed by atoms with Crippen LogP contribution in [0.15, 0.2) is 17.0 Å². The van der Waals surface area contributed by atoms with Crippen LogP contribution in [0.25, 0.3) is 0 Å². The Bertz CT molecular complexity index is 598. The maximum absolute atomic E-state index is 12.2. The highest BCUT2D eigenvalue weighted by Crippen LogP contribution is 2.28. The number of rotatable bonds is 4. The lowest BCUT2D eigenvalue weighted by atomic mass is 10.2. The highest BCUT2D eigenvalue weighted by atomic mass is 35.5. The van der Waals surface area contributed by atoms with Gasteiger partial charge in [0.1, 0.15) is 4.90 Å². The van der Waals surface area contributed by atoms with Gasteiger partial charge in [0.25, 0.3) is 5.91 Å². The Morgan fingerprint density at radius 2 is 1.74 bits per heavy atom. The van der Waals surface area contributed by atoms with Crippen LogP contribution in [0.4, 0.5) is 0 Å². The Balaban J connectivity index is 3.41. The molecule has 0 atom stereocenters. The van der Waals surface area contributed by atoms with E-state index in [9.17, 15) is 13.2 Å². The largest absolute Gasteiger partial charge is 0.339 e. The van der Waals surface area contributed by atoms with Crippen molar-refractivity contribution < 1.29 is 13.2 Å². The molecule has 19 heavy (non-hydrogen) atoms. The van der Waals surface area contributed by atoms with Gasteiger partial charge >= 0.3 is 0 Å². The summed E-state index contributed by atoms with van der Waals surface area (Å²) < 4.78 is 22.7. The zero-order chi connectivity index (χ0) is 14.8. The standard InChI is InChI=1S/C11H14Cl2N2O3S/c1-3-15(4-2)11(16)7-5-10(19(14,17)18)9(13)6-8(7)12/h5-6H,3-4H2,1-2H3,(H2,14,17,18). The van der Waals surface area contributed by atoms with Gasteiger partial charge in [0.15, 0.2) is 0 Å². The number of carbonyl (C=O) groups is 1. The second kappa shape index (κ2) is 6.09. The number of nitrogens with two attached hydrogens (primary N) is 1. The molecule has 1 aromatic rings. The van der Waals surface area contributed by atoms with Crippen LogP contribution in [-0.4, -0.2) is 32.3 Å². The number of carbonyl (C=O) groups excluding carboxylic acids is 1. The minimum absolute atomic E-state index is 0.0683. The Hall–Kier alpha value is -0.820. The van der Waals surface area contributed by atoms with Crippen molar-refractivity contribution in [3.8, 4) is 0 Å². The molecule has 0 unspecified atom stereocenters. The topological polar surface area (TPSA) is 80.5 Å². The first kappa shape index (κ1) is 16.2. The van der Waals surface area contributed by atoms with E-state index in [0.29, 0.717) is 13.1 Å². The van der Waals surface area contributed by atoms with Gasteiger partial charge in [-0.2, -0.15) is 0 Å². The average Bonchev–Trinajstić information content (AvgIpc) is 2.28. The fraction of sp³-hybridized carbons (Fsp3) is 0.364. The molecule has 0 spiro atoms. The molecule has 1 aromatic carbocycles. The van der Waals surface area contributed by atoms with Gasteiger partial charge in [-0.25, -0.2) is 13.6 Å². The molecule has 8 heteroatoms. The minimum Gasteiger partial charge on any atom is -0.339 e. The molecule has 1 amide bonds. The molecule has 0 heterocycles. The van der Waals surface area contributed by atoms with E-state index in [1.54, 1.807) is 0 Å². The summed E-state index contributed by atoms with van der Waals surface area (Å²) in [6.45, 7) is 4.59. The molecule has 106 valence electrons. The first-order valence-electron chi connectivity index (χ1n) is 5.53. The van der Waals surface area contributed by atoms with Gasteiger partial charge in [-0.15, -0.1) is 0 Å². The number of primary sulfonamides is 1. The van der Waals surface area contributed by atoms with Crippen molar-refractivity contribution in [2.24, 2.45) is 5.14 Å². The van der Waals surface area contributed by atoms with Crippen molar-refractivity contribution >= 4 is 39.1 Å². The van der Waals surface area contributed by atoms with Crippen molar-refractivity contribution in [1.82, 2.24) is 4.90 Å². The lowest BCUT2D eigenvalue weighted by Gasteiger charge is -2.19. The third kappa shape index (κ3) is 3.60. The van der Waals surface area contributed by atoms with Gasteiger partial charge in [0.05, 0.1) is 15.6 Å². The third-order valence-electron chi connectivity index (χ3n) is 2.61. The van der Waals surface area contributed by atoms with Gasteiger partial charge in [0.2, 0.25) is 10.0 Å². The van der Waals surface area contributed by atoms with Crippen LogP contribution in [0.3, 0.4) is 0 Å². The third-order valence-corrected chi connectivity index (χ3v) is 4.30. The average molecular weight is 325 g/mol. The Labute approximate surface area is 122 Å². The van der Waals surface area contributed by atoms with Crippen LogP contribution in [0, 0.1) is 0 Å². The van der Waals surface area contributed by atoms with Crippen LogP contribution in [-0.2, 0) is 10.0 Å². The lowest BCUT2D eigenvalue weighted by Crippen LogP contribution is -2.31. The van der Waals surface area contributed by atoms with Crippen molar-refractivity contribution in [2.75, 3.05) is 13.1 Å². The summed E-state index contributed by atoms with van der Waals surface area (Å²) in [6.07, 6.45) is 0. The predicted octanol–water partition coefficient (Wildman–Crippen LogP) is 2.12. The number of hydrogen-bond acceptors (Lipinski definition) is 3. The first-order chi connectivity index (χ1) is 8.72. The van der Waals surface area contributed by atoms with Crippen molar-refractivity contribution in [3.63, 3.8) is 0 Å². The number of nitrogens with zero attached hydrogens (tertiary/aromatic N) is 1. The van der Waals surface area contributed by atoms with E-state index in [1.807, 2.05) is 13.8 Å². The second-order valence-electron chi connectivity index (χ2n) is 3.78. The normalized spacial score (nSPS) is 11.4. The van der Waals surface area contributed by atoms with E-state index in [0.717, 1.165) is 6.07 Å². The van der Waals surface area contributed by atoms with E-state index in [1.165, 1.54) is 11.0 Å². The van der Waals surface area contributed by atoms with Crippen LogP contribution in [0.5, 0.6) is 0 Å². The SMILES string of the molecule is CCN(CC)C(=O)c1cc(S(N)(=O)=O)c(Cl)cc1Cl. The summed E-state index contributed by atoms with van der Waals surface area (Å²) in [5, 5.41) is 5.02. The lowest BCUT2D eigenvalue weighted by molar-refractivity contribution is 0.0773. The summed E-state index contributed by atoms with van der Waals surface area (Å²) >= 11 is 11.7. The van der Waals surface area contributed by atoms with E-state index in [2.05, 4.69) is 0 Å². The highest BCUT2D eigenvalue weighted by molar-refractivity contribution is 7.89. The van der Waals surface area contributed by atoms with Crippen LogP contribution < -0.4 is 5.14 Å². The Morgan fingerprint density at radius 3 is 2.16 bits per heavy atom. The molecule has 0 saturated heterocycles. The Morgan fingerprint density at radius 1 is 1.21 bits per heavy atom. The summed E-state index contributed by atoms with van der Waals surface area (Å²) in [5.74, 6) is -0.364. The molecule has 1 rings (SSSR count). The summed E-state index contributed by atoms with van der Waals surface area (Å²) in [4.78, 5) is 13.4. The highest BCUT2D eigenvalue weighted by Gasteiger charge is 2.22. The zero-order valence-corrected chi connectivity index (χ0v) is 12.8. The van der Waals surface area contributed by atoms with E-state index in [-0.39, 0.29) is 26.4 Å². The predicted molar refractivity (Wildman–Crippen MR) is 75.1 cm³/mol. The smallest absolute Gasteiger partial charge is 0.255 e. The molecule has 2 N–H and O–H groups in total. The molecular formula is C11H14Cl2N2O3S. The monoisotopic (exact) mass is 324 g/mol. The molecule has 0 aromatic heterocycles. The minimum atomic E-state index is -4.01. The summed E-state index contributed by atoms with van der Waals surface area (Å²) in [7, 11) is -4.01. The van der Waals surface area contributed by atoms with Crippen molar-refractivity contribution in [1.29, 1.82) is 0 Å². The number of amides is 1. The second-order valence-corrected chi connectivity index (χ2v) is 6.13. The van der Waals surface area contributed by atoms with Crippen LogP contribution >= 0.6 is 23.2 Å². The van der Waals surface area contributed by atoms with E-state index < -0.39 is 10.0 Å². The van der Waals surface area contributed by atoms with Crippen LogP contribution in [0.1, 0.15) is 24.2 Å². The molecule has 0 bridgehead atoms. The van der Waals surface area contributed by atoms with Gasteiger partial charge in [0, 0.05) is 13.1 Å². The Kier molecular flexibility index (Phi) is 5.20. The van der Waals surface area contributed by atoms with Crippen LogP contribution in [0.2, 0.25) is 10.0 Å². The number of hydrogen-bond donors (Lipinski definition) is 1. The maximum atomic E-state index is 12.2. The van der Waals surface area contributed by atoms with E-state index >= 15 is 0 Å². The molecule has 0 saturated carbocycles. The molecular weight excluding hydrogens is 311 g/mol. The molecule has 0 fully saturated rings. The molecule has 0 aliphatic heterocycles. The summed E-state index contributed by atoms with van der Waals surface area (Å²) in [5.41, 5.74) is 0.0683. The number of sulfonamides is 1. The zero-order valence-electron chi connectivity index (χ0n) is 10.5. The molecule has 0 aliphatic rings. The van der Waals surface area contributed by atoms with E-state index in [4.69, 9.17) is 28.3 Å². The number of halogens is 2. The van der Waals surface area contributed by atoms with Gasteiger partial charge < -0.3 is 4.90 Å². The molecule has 5 nitrogen and oxygen atoms in total. The van der Waals surface area contributed by atoms with Crippen molar-refractivity contribution in [2.45, 2.75) is 18.7 Å². The quantitative estimate of drug-likeness (QED) is 0.921. The molecule has 0 radical (unpaired) electrons. The van der Waals surface area contributed by atoms with Gasteiger partial charge in [-0.1, -0.05) is 23.2 Å². The number of benzene rings is 1. The maximum Gasteiger partial charge on any atom is 0.255 e. The summed E-state index contributed by atoms with van der Waals surface area (Å²) in [6, 6.07) is 2.32. The molecule has 0 aliphatic carbocycles. The fourth-order valence-corrected chi connectivity index (χ4v) is 2.99. The van der Waals surface area contributed by atoms with Gasteiger partial charge in [-0.3, -0.25) is 4.79 Å². The van der Waals surface area contributed by atoms with Gasteiger partial charge in [-0.05, 0) is 26.0 Å².